The highest BCUT2D eigenvalue weighted by molar-refractivity contribution is 6.36. The maximum Gasteiger partial charge on any atom is 0.224 e. The molecule has 0 radical (unpaired) electrons. The van der Waals surface area contributed by atoms with Gasteiger partial charge in [-0.2, -0.15) is 4.98 Å². The predicted molar refractivity (Wildman–Crippen MR) is 142 cm³/mol. The smallest absolute Gasteiger partial charge is 0.224 e. The molecule has 0 unspecified atom stereocenters. The molecular weight excluding hydrogens is 520 g/mol. The number of carbonyl (C=O) groups excluding carboxylic acids is 1. The summed E-state index contributed by atoms with van der Waals surface area (Å²) in [6.07, 6.45) is 7.13. The van der Waals surface area contributed by atoms with Gasteiger partial charge >= 0.3 is 0 Å². The van der Waals surface area contributed by atoms with Crippen LogP contribution in [-0.4, -0.2) is 42.7 Å². The third-order valence-corrected chi connectivity index (χ3v) is 8.19. The van der Waals surface area contributed by atoms with E-state index in [2.05, 4.69) is 20.6 Å². The van der Waals surface area contributed by atoms with Crippen LogP contribution in [0.3, 0.4) is 0 Å². The third-order valence-electron chi connectivity index (χ3n) is 7.67. The molecule has 3 aromatic rings. The predicted octanol–water partition coefficient (Wildman–Crippen LogP) is 5.34. The van der Waals surface area contributed by atoms with E-state index in [0.29, 0.717) is 55.2 Å². The van der Waals surface area contributed by atoms with Crippen molar-refractivity contribution < 1.29 is 14.3 Å². The first-order valence-corrected chi connectivity index (χ1v) is 13.3. The number of fused-ring (bicyclic) bond motifs is 1. The number of aliphatic hydroxyl groups is 1. The highest BCUT2D eigenvalue weighted by Crippen LogP contribution is 2.43. The van der Waals surface area contributed by atoms with Crippen molar-refractivity contribution in [3.05, 3.63) is 34.2 Å². The second kappa shape index (κ2) is 10.2. The van der Waals surface area contributed by atoms with Crippen LogP contribution in [0.25, 0.3) is 11.2 Å². The van der Waals surface area contributed by atoms with Crippen LogP contribution >= 0.6 is 23.2 Å². The fourth-order valence-corrected chi connectivity index (χ4v) is 5.91. The summed E-state index contributed by atoms with van der Waals surface area (Å²) in [5.41, 5.74) is 6.26. The molecule has 0 spiro atoms. The summed E-state index contributed by atoms with van der Waals surface area (Å²) in [5, 5.41) is 16.7. The number of hydrogen-bond acceptors (Lipinski definition) is 7. The van der Waals surface area contributed by atoms with Crippen molar-refractivity contribution in [2.24, 2.45) is 11.1 Å². The molecule has 1 amide bonds. The molecule has 2 saturated carbocycles. The number of imidazole rings is 1. The number of benzene rings is 1. The van der Waals surface area contributed by atoms with E-state index in [1.54, 1.807) is 6.20 Å². The summed E-state index contributed by atoms with van der Waals surface area (Å²) < 4.78 is 16.7. The number of nitrogens with one attached hydrogen (secondary N) is 2. The minimum Gasteiger partial charge on any atom is -0.393 e. The maximum atomic E-state index is 14.8. The molecule has 37 heavy (non-hydrogen) atoms. The van der Waals surface area contributed by atoms with E-state index in [1.807, 2.05) is 11.5 Å². The lowest BCUT2D eigenvalue weighted by molar-refractivity contribution is -0.128. The lowest BCUT2D eigenvalue weighted by atomic mass is 9.73. The number of nitrogens with zero attached hydrogens (tertiary/aromatic N) is 4. The van der Waals surface area contributed by atoms with Crippen molar-refractivity contribution in [3.8, 4) is 0 Å². The number of halogens is 3. The molecule has 2 heterocycles. The molecule has 2 atom stereocenters. The zero-order chi connectivity index (χ0) is 26.3. The van der Waals surface area contributed by atoms with Crippen LogP contribution in [-0.2, 0) is 4.79 Å². The zero-order valence-corrected chi connectivity index (χ0v) is 22.0. The molecule has 12 heteroatoms. The summed E-state index contributed by atoms with van der Waals surface area (Å²) >= 11 is 12.3. The van der Waals surface area contributed by atoms with Crippen molar-refractivity contribution in [3.63, 3.8) is 0 Å². The van der Waals surface area contributed by atoms with E-state index < -0.39 is 11.2 Å². The number of nitrogens with two attached hydrogens (primary N) is 1. The molecule has 2 fully saturated rings. The van der Waals surface area contributed by atoms with Crippen LogP contribution in [0.5, 0.6) is 0 Å². The Morgan fingerprint density at radius 2 is 1.97 bits per heavy atom. The quantitative estimate of drug-likeness (QED) is 0.326. The minimum atomic E-state index is -0.606. The van der Waals surface area contributed by atoms with Crippen LogP contribution in [0.2, 0.25) is 10.0 Å². The average Bonchev–Trinajstić information content (AvgIpc) is 3.19. The van der Waals surface area contributed by atoms with Gasteiger partial charge in [0, 0.05) is 22.5 Å². The monoisotopic (exact) mass is 549 g/mol. The van der Waals surface area contributed by atoms with E-state index in [0.717, 1.165) is 19.3 Å². The fourth-order valence-electron chi connectivity index (χ4n) is 5.39. The van der Waals surface area contributed by atoms with Gasteiger partial charge in [-0.3, -0.25) is 9.36 Å². The van der Waals surface area contributed by atoms with Gasteiger partial charge in [-0.05, 0) is 63.5 Å². The second-order valence-electron chi connectivity index (χ2n) is 10.4. The van der Waals surface area contributed by atoms with Crippen molar-refractivity contribution in [2.75, 3.05) is 10.6 Å². The van der Waals surface area contributed by atoms with Crippen molar-refractivity contribution in [1.82, 2.24) is 19.5 Å². The van der Waals surface area contributed by atoms with E-state index >= 15 is 0 Å². The van der Waals surface area contributed by atoms with Gasteiger partial charge in [-0.15, -0.1) is 0 Å². The fraction of sp³-hybridized carbons (Fsp3) is 0.520. The summed E-state index contributed by atoms with van der Waals surface area (Å²) in [4.78, 5) is 25.9. The number of anilines is 3. The van der Waals surface area contributed by atoms with Gasteiger partial charge in [0.05, 0.1) is 23.0 Å². The second-order valence-corrected chi connectivity index (χ2v) is 11.2. The number of rotatable bonds is 6. The Bertz CT molecular complexity index is 1300. The third kappa shape index (κ3) is 5.32. The summed E-state index contributed by atoms with van der Waals surface area (Å²) in [7, 11) is 0. The zero-order valence-electron chi connectivity index (χ0n) is 20.5. The number of aromatic nitrogens is 4. The first kappa shape index (κ1) is 25.9. The molecule has 0 saturated heterocycles. The van der Waals surface area contributed by atoms with Gasteiger partial charge in [-0.1, -0.05) is 30.1 Å². The number of amides is 1. The molecule has 2 aromatic heterocycles. The topological polar surface area (TPSA) is 131 Å². The Labute approximate surface area is 224 Å². The number of carbonyl (C=O) groups is 1. The molecule has 2 aliphatic carbocycles. The molecule has 5 N–H and O–H groups in total. The lowest BCUT2D eigenvalue weighted by Crippen LogP contribution is -2.38. The van der Waals surface area contributed by atoms with Gasteiger partial charge in [0.1, 0.15) is 11.3 Å². The van der Waals surface area contributed by atoms with Crippen LogP contribution in [0, 0.1) is 11.2 Å². The number of hydrogen-bond donors (Lipinski definition) is 4. The van der Waals surface area contributed by atoms with Gasteiger partial charge in [-0.25, -0.2) is 14.4 Å². The summed E-state index contributed by atoms with van der Waals surface area (Å²) in [6.45, 7) is 1.89. The van der Waals surface area contributed by atoms with Crippen LogP contribution in [0.1, 0.15) is 64.3 Å². The largest absolute Gasteiger partial charge is 0.393 e. The normalized spacial score (nSPS) is 26.2. The maximum absolute atomic E-state index is 14.8. The molecule has 0 bridgehead atoms. The SMILES string of the molecule is C[C@]1(C(N)=O)CC[C@@H](n2c(Nc3c(F)cc(Cl)cc3Cl)nc3cnc(N[C@H]4CCC[C@H](O)C4)nc32)CC1. The van der Waals surface area contributed by atoms with Gasteiger partial charge < -0.3 is 21.5 Å². The van der Waals surface area contributed by atoms with Crippen molar-refractivity contribution >= 4 is 57.9 Å². The lowest BCUT2D eigenvalue weighted by Gasteiger charge is -2.35. The van der Waals surface area contributed by atoms with Gasteiger partial charge in [0.25, 0.3) is 0 Å². The van der Waals surface area contributed by atoms with Crippen LogP contribution < -0.4 is 16.4 Å². The molecule has 0 aliphatic heterocycles. The van der Waals surface area contributed by atoms with Gasteiger partial charge in [0.15, 0.2) is 5.65 Å². The van der Waals surface area contributed by atoms with Crippen LogP contribution in [0.15, 0.2) is 18.3 Å². The number of primary amides is 1. The molecule has 5 rings (SSSR count). The van der Waals surface area contributed by atoms with E-state index in [-0.39, 0.29) is 39.8 Å². The first-order chi connectivity index (χ1) is 17.6. The van der Waals surface area contributed by atoms with E-state index in [1.165, 1.54) is 12.1 Å². The highest BCUT2D eigenvalue weighted by Gasteiger charge is 2.38. The molecule has 198 valence electrons. The Balaban J connectivity index is 1.52. The van der Waals surface area contributed by atoms with Crippen molar-refractivity contribution in [1.29, 1.82) is 0 Å². The Hall–Kier alpha value is -2.69. The Kier molecular flexibility index (Phi) is 7.17. The average molecular weight is 550 g/mol. The van der Waals surface area contributed by atoms with Crippen LogP contribution in [0.4, 0.5) is 22.0 Å². The Morgan fingerprint density at radius 1 is 1.22 bits per heavy atom. The van der Waals surface area contributed by atoms with Crippen molar-refractivity contribution in [2.45, 2.75) is 76.5 Å². The summed E-state index contributed by atoms with van der Waals surface area (Å²) in [5.74, 6) is -0.109. The molecule has 2 aliphatic rings. The standard InChI is InChI=1S/C25H30Cl2FN7O2/c1-25(22(29)37)7-5-15(6-8-25)35-21-19(12-30-23(34-21)31-14-3-2-4-16(36)11-14)32-24(35)33-20-17(27)9-13(26)10-18(20)28/h9-10,12,14-16,36H,2-8,11H2,1H3,(H2,29,37)(H,32,33)(H,30,31,34)/t14-,15-,16-,25+/m0/s1. The summed E-state index contributed by atoms with van der Waals surface area (Å²) in [6, 6.07) is 2.65. The van der Waals surface area contributed by atoms with E-state index in [9.17, 15) is 14.3 Å². The van der Waals surface area contributed by atoms with E-state index in [4.69, 9.17) is 33.9 Å². The highest BCUT2D eigenvalue weighted by atomic mass is 35.5. The first-order valence-electron chi connectivity index (χ1n) is 12.5. The molecular formula is C25H30Cl2FN7O2. The molecule has 1 aromatic carbocycles. The Morgan fingerprint density at radius 3 is 2.65 bits per heavy atom. The van der Waals surface area contributed by atoms with Gasteiger partial charge in [0.2, 0.25) is 17.8 Å². The minimum absolute atomic E-state index is 0.0582. The number of aliphatic hydroxyl groups excluding tert-OH is 1. The molecule has 9 nitrogen and oxygen atoms in total.